The van der Waals surface area contributed by atoms with E-state index in [4.69, 9.17) is 0 Å². The SMILES string of the molecule is CCCCCCCCCCCCC(O)CC(CCCCCCCC)S(=O)(=O)[O-].[Na+]. The third-order valence-corrected chi connectivity index (χ3v) is 6.96. The van der Waals surface area contributed by atoms with Crippen LogP contribution in [0.4, 0.5) is 0 Å². The largest absolute Gasteiger partial charge is 1.00 e. The zero-order chi connectivity index (χ0) is 21.1. The second-order valence-electron chi connectivity index (χ2n) is 8.53. The zero-order valence-corrected chi connectivity index (χ0v) is 22.5. The van der Waals surface area contributed by atoms with Crippen LogP contribution in [0.1, 0.15) is 136 Å². The van der Waals surface area contributed by atoms with Gasteiger partial charge in [0.15, 0.2) is 0 Å². The maximum Gasteiger partial charge on any atom is 1.00 e. The summed E-state index contributed by atoms with van der Waals surface area (Å²) < 4.78 is 34.5. The molecule has 170 valence electrons. The summed E-state index contributed by atoms with van der Waals surface area (Å²) in [6.07, 6.45) is 19.2. The van der Waals surface area contributed by atoms with Crippen molar-refractivity contribution in [3.63, 3.8) is 0 Å². The van der Waals surface area contributed by atoms with Crippen LogP contribution in [0.5, 0.6) is 0 Å². The summed E-state index contributed by atoms with van der Waals surface area (Å²) >= 11 is 0. The molecule has 0 amide bonds. The van der Waals surface area contributed by atoms with Gasteiger partial charge in [0.2, 0.25) is 0 Å². The molecule has 0 aromatic heterocycles. The van der Waals surface area contributed by atoms with E-state index in [0.717, 1.165) is 32.1 Å². The molecule has 0 rings (SSSR count). The second kappa shape index (κ2) is 22.1. The first-order valence-electron chi connectivity index (χ1n) is 12.0. The summed E-state index contributed by atoms with van der Waals surface area (Å²) in [5, 5.41) is 9.26. The molecule has 1 N–H and O–H groups in total. The Kier molecular flexibility index (Phi) is 24.4. The van der Waals surface area contributed by atoms with Gasteiger partial charge in [0, 0.05) is 0 Å². The minimum Gasteiger partial charge on any atom is -0.748 e. The molecule has 0 radical (unpaired) electrons. The van der Waals surface area contributed by atoms with E-state index >= 15 is 0 Å². The maximum atomic E-state index is 11.5. The second-order valence-corrected chi connectivity index (χ2v) is 10.2. The zero-order valence-electron chi connectivity index (χ0n) is 19.7. The Morgan fingerprint density at radius 1 is 0.655 bits per heavy atom. The van der Waals surface area contributed by atoms with Crippen LogP contribution in [0.3, 0.4) is 0 Å². The van der Waals surface area contributed by atoms with Crippen molar-refractivity contribution in [2.75, 3.05) is 0 Å². The van der Waals surface area contributed by atoms with Crippen LogP contribution < -0.4 is 29.6 Å². The summed E-state index contributed by atoms with van der Waals surface area (Å²) in [5.74, 6) is 0. The summed E-state index contributed by atoms with van der Waals surface area (Å²) in [6.45, 7) is 4.40. The van der Waals surface area contributed by atoms with Crippen molar-refractivity contribution in [2.24, 2.45) is 0 Å². The summed E-state index contributed by atoms with van der Waals surface area (Å²) in [4.78, 5) is 0. The van der Waals surface area contributed by atoms with Gasteiger partial charge < -0.3 is 9.66 Å². The average molecular weight is 443 g/mol. The van der Waals surface area contributed by atoms with Gasteiger partial charge in [0.25, 0.3) is 0 Å². The molecule has 0 saturated heterocycles. The van der Waals surface area contributed by atoms with E-state index < -0.39 is 21.5 Å². The van der Waals surface area contributed by atoms with Crippen LogP contribution in [0.15, 0.2) is 0 Å². The van der Waals surface area contributed by atoms with Gasteiger partial charge in [-0.05, 0) is 19.3 Å². The van der Waals surface area contributed by atoms with Crippen LogP contribution in [-0.4, -0.2) is 29.4 Å². The molecular weight excluding hydrogens is 395 g/mol. The Morgan fingerprint density at radius 2 is 1.00 bits per heavy atom. The Bertz CT molecular complexity index is 429. The van der Waals surface area contributed by atoms with Crippen LogP contribution in [0.25, 0.3) is 0 Å². The number of rotatable bonds is 21. The molecule has 2 atom stereocenters. The summed E-state index contributed by atoms with van der Waals surface area (Å²) in [6, 6.07) is 0. The smallest absolute Gasteiger partial charge is 0.748 e. The average Bonchev–Trinajstić information content (AvgIpc) is 2.64. The molecule has 0 aromatic carbocycles. The summed E-state index contributed by atoms with van der Waals surface area (Å²) in [5.41, 5.74) is 0. The molecule has 0 saturated carbocycles. The molecule has 0 spiro atoms. The predicted molar refractivity (Wildman–Crippen MR) is 119 cm³/mol. The van der Waals surface area contributed by atoms with Gasteiger partial charge in [-0.15, -0.1) is 0 Å². The molecule has 4 nitrogen and oxygen atoms in total. The first-order chi connectivity index (χ1) is 13.4. The quantitative estimate of drug-likeness (QED) is 0.167. The van der Waals surface area contributed by atoms with E-state index in [0.29, 0.717) is 12.8 Å². The molecule has 0 aromatic rings. The molecule has 0 aliphatic rings. The molecule has 0 heterocycles. The topological polar surface area (TPSA) is 77.4 Å². The Labute approximate surface area is 204 Å². The van der Waals surface area contributed by atoms with Crippen molar-refractivity contribution in [2.45, 2.75) is 147 Å². The minimum atomic E-state index is -4.32. The number of unbranched alkanes of at least 4 members (excludes halogenated alkanes) is 14. The van der Waals surface area contributed by atoms with Gasteiger partial charge in [0.05, 0.1) is 21.5 Å². The number of hydrogen-bond donors (Lipinski definition) is 1. The molecular formula is C23H47NaO4S. The van der Waals surface area contributed by atoms with Crippen LogP contribution in [-0.2, 0) is 10.1 Å². The van der Waals surface area contributed by atoms with E-state index in [9.17, 15) is 18.1 Å². The third-order valence-electron chi connectivity index (χ3n) is 5.71. The van der Waals surface area contributed by atoms with E-state index in [1.807, 2.05) is 0 Å². The fourth-order valence-electron chi connectivity index (χ4n) is 3.82. The van der Waals surface area contributed by atoms with Crippen molar-refractivity contribution >= 4 is 10.1 Å². The van der Waals surface area contributed by atoms with E-state index in [1.54, 1.807) is 0 Å². The summed E-state index contributed by atoms with van der Waals surface area (Å²) in [7, 11) is -4.32. The Hall–Kier alpha value is 0.870. The number of hydrogen-bond acceptors (Lipinski definition) is 4. The van der Waals surface area contributed by atoms with Crippen molar-refractivity contribution in [3.8, 4) is 0 Å². The molecule has 2 unspecified atom stereocenters. The van der Waals surface area contributed by atoms with Gasteiger partial charge >= 0.3 is 29.6 Å². The van der Waals surface area contributed by atoms with Crippen molar-refractivity contribution in [1.29, 1.82) is 0 Å². The van der Waals surface area contributed by atoms with Crippen molar-refractivity contribution in [3.05, 3.63) is 0 Å². The number of aliphatic hydroxyl groups is 1. The van der Waals surface area contributed by atoms with Gasteiger partial charge in [-0.25, -0.2) is 8.42 Å². The molecule has 29 heavy (non-hydrogen) atoms. The first kappa shape index (κ1) is 32.1. The monoisotopic (exact) mass is 442 g/mol. The first-order valence-corrected chi connectivity index (χ1v) is 13.5. The van der Waals surface area contributed by atoms with Crippen LogP contribution >= 0.6 is 0 Å². The third kappa shape index (κ3) is 21.9. The molecule has 0 aliphatic carbocycles. The van der Waals surface area contributed by atoms with Crippen molar-refractivity contribution in [1.82, 2.24) is 0 Å². The predicted octanol–water partition coefficient (Wildman–Crippen LogP) is 3.72. The maximum absolute atomic E-state index is 11.5. The molecule has 6 heteroatoms. The fourth-order valence-corrected chi connectivity index (χ4v) is 4.73. The van der Waals surface area contributed by atoms with Crippen molar-refractivity contribution < 1.29 is 47.6 Å². The molecule has 0 bridgehead atoms. The van der Waals surface area contributed by atoms with Gasteiger partial charge in [-0.1, -0.05) is 117 Å². The van der Waals surface area contributed by atoms with Crippen LogP contribution in [0.2, 0.25) is 0 Å². The minimum absolute atomic E-state index is 0. The van der Waals surface area contributed by atoms with E-state index in [2.05, 4.69) is 13.8 Å². The van der Waals surface area contributed by atoms with E-state index in [-0.39, 0.29) is 36.0 Å². The fraction of sp³-hybridized carbons (Fsp3) is 1.00. The normalized spacial score (nSPS) is 13.8. The van der Waals surface area contributed by atoms with Gasteiger partial charge in [0.1, 0.15) is 0 Å². The molecule has 0 aliphatic heterocycles. The number of aliphatic hydroxyl groups excluding tert-OH is 1. The van der Waals surface area contributed by atoms with Crippen LogP contribution in [0, 0.1) is 0 Å². The Morgan fingerprint density at radius 3 is 1.38 bits per heavy atom. The van der Waals surface area contributed by atoms with E-state index in [1.165, 1.54) is 70.6 Å². The van der Waals surface area contributed by atoms with Gasteiger partial charge in [-0.3, -0.25) is 0 Å². The standard InChI is InChI=1S/C23H48O4S.Na/c1-3-5-7-9-11-12-13-14-15-17-19-22(24)21-23(28(25,26)27)20-18-16-10-8-6-4-2;/h22-24H,3-21H2,1-2H3,(H,25,26,27);/q;+1/p-1. The molecule has 0 fully saturated rings. The Balaban J connectivity index is 0. The van der Waals surface area contributed by atoms with Gasteiger partial charge in [-0.2, -0.15) is 0 Å².